The summed E-state index contributed by atoms with van der Waals surface area (Å²) in [6.45, 7) is 1.98. The molecule has 1 aromatic carbocycles. The van der Waals surface area contributed by atoms with E-state index in [4.69, 9.17) is 4.74 Å². The van der Waals surface area contributed by atoms with Crippen LogP contribution >= 0.6 is 0 Å². The molecule has 1 atom stereocenters. The molecule has 1 aromatic heterocycles. The molecule has 1 fully saturated rings. The van der Waals surface area contributed by atoms with Crippen LogP contribution in [0, 0.1) is 5.92 Å². The van der Waals surface area contributed by atoms with Crippen LogP contribution in [-0.4, -0.2) is 46.4 Å². The second-order valence-corrected chi connectivity index (χ2v) is 7.75. The molecule has 3 heterocycles. The lowest BCUT2D eigenvalue weighted by Crippen LogP contribution is -2.34. The minimum atomic E-state index is -0.398. The van der Waals surface area contributed by atoms with Crippen molar-refractivity contribution in [1.82, 2.24) is 19.7 Å². The third kappa shape index (κ3) is 3.96. The first-order valence-corrected chi connectivity index (χ1v) is 10.5. The van der Waals surface area contributed by atoms with Crippen molar-refractivity contribution in [2.45, 2.75) is 45.2 Å². The quantitative estimate of drug-likeness (QED) is 0.682. The van der Waals surface area contributed by atoms with Crippen LogP contribution in [0.2, 0.25) is 0 Å². The Hall–Kier alpha value is -3.10. The smallest absolute Gasteiger partial charge is 0.345 e. The zero-order valence-corrected chi connectivity index (χ0v) is 17.2. The molecule has 2 amide bonds. The number of fused-ring (bicyclic) bond motifs is 1. The topological polar surface area (TPSA) is 98.5 Å². The predicted molar refractivity (Wildman–Crippen MR) is 111 cm³/mol. The average Bonchev–Trinajstić information content (AvgIpc) is 3.31. The largest absolute Gasteiger partial charge is 0.495 e. The standard InChI is InChI=1S/C21H27N5O4/c1-30-17-8-3-2-7-16(17)25-14-15(13-19(25)27)20(28)22-10-6-12-26-21(29)24-11-5-4-9-18(24)23-26/h2-3,7-8,15H,4-6,9-14H2,1H3,(H,22,28). The number of methoxy groups -OCH3 is 1. The van der Waals surface area contributed by atoms with E-state index in [0.29, 0.717) is 37.5 Å². The van der Waals surface area contributed by atoms with Crippen LogP contribution in [0.15, 0.2) is 29.1 Å². The van der Waals surface area contributed by atoms with Gasteiger partial charge in [-0.1, -0.05) is 12.1 Å². The van der Waals surface area contributed by atoms with E-state index in [1.54, 1.807) is 22.6 Å². The number of carbonyl (C=O) groups is 2. The lowest BCUT2D eigenvalue weighted by Gasteiger charge is -2.19. The highest BCUT2D eigenvalue weighted by Crippen LogP contribution is 2.32. The van der Waals surface area contributed by atoms with Crippen molar-refractivity contribution in [1.29, 1.82) is 0 Å². The molecule has 0 spiro atoms. The first kappa shape index (κ1) is 20.2. The van der Waals surface area contributed by atoms with E-state index in [9.17, 15) is 14.4 Å². The lowest BCUT2D eigenvalue weighted by atomic mass is 10.1. The minimum absolute atomic E-state index is 0.0649. The summed E-state index contributed by atoms with van der Waals surface area (Å²) >= 11 is 0. The molecule has 30 heavy (non-hydrogen) atoms. The van der Waals surface area contributed by atoms with Gasteiger partial charge in [0.15, 0.2) is 0 Å². The van der Waals surface area contributed by atoms with E-state index in [0.717, 1.165) is 31.6 Å². The fraction of sp³-hybridized carbons (Fsp3) is 0.524. The molecule has 2 aliphatic heterocycles. The van der Waals surface area contributed by atoms with Crippen LogP contribution in [0.5, 0.6) is 5.75 Å². The summed E-state index contributed by atoms with van der Waals surface area (Å²) in [6, 6.07) is 7.30. The number of ether oxygens (including phenoxy) is 1. The number of rotatable bonds is 7. The Bertz CT molecular complexity index is 996. The summed E-state index contributed by atoms with van der Waals surface area (Å²) in [6.07, 6.45) is 3.71. The van der Waals surface area contributed by atoms with Crippen molar-refractivity contribution in [3.05, 3.63) is 40.6 Å². The monoisotopic (exact) mass is 413 g/mol. The number of nitrogens with one attached hydrogen (secondary N) is 1. The van der Waals surface area contributed by atoms with Gasteiger partial charge in [-0.25, -0.2) is 9.48 Å². The normalized spacial score (nSPS) is 18.4. The maximum absolute atomic E-state index is 12.6. The van der Waals surface area contributed by atoms with Gasteiger partial charge < -0.3 is 15.0 Å². The Kier molecular flexibility index (Phi) is 5.87. The van der Waals surface area contributed by atoms with Gasteiger partial charge in [-0.2, -0.15) is 5.10 Å². The number of nitrogens with zero attached hydrogens (tertiary/aromatic N) is 4. The number of hydrogen-bond donors (Lipinski definition) is 1. The number of benzene rings is 1. The van der Waals surface area contributed by atoms with Crippen LogP contribution in [0.3, 0.4) is 0 Å². The summed E-state index contributed by atoms with van der Waals surface area (Å²) < 4.78 is 8.58. The van der Waals surface area contributed by atoms with E-state index in [-0.39, 0.29) is 23.9 Å². The number of para-hydroxylation sites is 2. The fourth-order valence-corrected chi connectivity index (χ4v) is 4.15. The SMILES string of the molecule is COc1ccccc1N1CC(C(=O)NCCCn2nc3n(c2=O)CCCC3)CC1=O. The predicted octanol–water partition coefficient (Wildman–Crippen LogP) is 0.949. The van der Waals surface area contributed by atoms with Gasteiger partial charge in [-0.3, -0.25) is 14.2 Å². The van der Waals surface area contributed by atoms with Crippen molar-refractivity contribution in [3.8, 4) is 5.75 Å². The Labute approximate surface area is 174 Å². The zero-order chi connectivity index (χ0) is 21.1. The van der Waals surface area contributed by atoms with E-state index in [1.165, 1.54) is 4.68 Å². The van der Waals surface area contributed by atoms with E-state index in [2.05, 4.69) is 10.4 Å². The third-order valence-corrected chi connectivity index (χ3v) is 5.75. The van der Waals surface area contributed by atoms with E-state index >= 15 is 0 Å². The van der Waals surface area contributed by atoms with Gasteiger partial charge in [0.1, 0.15) is 11.6 Å². The van der Waals surface area contributed by atoms with Crippen LogP contribution in [0.1, 0.15) is 31.5 Å². The molecule has 9 nitrogen and oxygen atoms in total. The van der Waals surface area contributed by atoms with E-state index < -0.39 is 5.92 Å². The van der Waals surface area contributed by atoms with Crippen molar-refractivity contribution < 1.29 is 14.3 Å². The molecule has 9 heteroatoms. The fourth-order valence-electron chi connectivity index (χ4n) is 4.15. The van der Waals surface area contributed by atoms with Gasteiger partial charge in [0.05, 0.1) is 18.7 Å². The number of anilines is 1. The maximum Gasteiger partial charge on any atom is 0.345 e. The van der Waals surface area contributed by atoms with Gasteiger partial charge in [0, 0.05) is 39.0 Å². The number of carbonyl (C=O) groups excluding carboxylic acids is 2. The summed E-state index contributed by atoms with van der Waals surface area (Å²) in [5, 5.41) is 7.30. The highest BCUT2D eigenvalue weighted by Gasteiger charge is 2.36. The molecule has 4 rings (SSSR count). The number of aryl methyl sites for hydroxylation is 2. The summed E-state index contributed by atoms with van der Waals surface area (Å²) in [5.41, 5.74) is 0.619. The average molecular weight is 413 g/mol. The summed E-state index contributed by atoms with van der Waals surface area (Å²) in [7, 11) is 1.56. The first-order valence-electron chi connectivity index (χ1n) is 10.5. The molecule has 0 saturated carbocycles. The molecule has 1 saturated heterocycles. The van der Waals surface area contributed by atoms with Crippen LogP contribution in [-0.2, 0) is 29.1 Å². The molecule has 0 radical (unpaired) electrons. The number of amides is 2. The molecule has 2 aromatic rings. The van der Waals surface area contributed by atoms with E-state index in [1.807, 2.05) is 18.2 Å². The molecule has 2 aliphatic rings. The molecule has 0 aliphatic carbocycles. The van der Waals surface area contributed by atoms with Gasteiger partial charge >= 0.3 is 5.69 Å². The highest BCUT2D eigenvalue weighted by atomic mass is 16.5. The van der Waals surface area contributed by atoms with Crippen molar-refractivity contribution in [2.24, 2.45) is 5.92 Å². The Balaban J connectivity index is 1.28. The van der Waals surface area contributed by atoms with Crippen LogP contribution < -0.4 is 20.6 Å². The molecule has 160 valence electrons. The summed E-state index contributed by atoms with van der Waals surface area (Å²) in [5.74, 6) is 0.841. The first-order chi connectivity index (χ1) is 14.6. The molecular formula is C21H27N5O4. The van der Waals surface area contributed by atoms with Gasteiger partial charge in [0.2, 0.25) is 11.8 Å². The molecular weight excluding hydrogens is 386 g/mol. The highest BCUT2D eigenvalue weighted by molar-refractivity contribution is 6.01. The minimum Gasteiger partial charge on any atom is -0.495 e. The van der Waals surface area contributed by atoms with Gasteiger partial charge in [-0.15, -0.1) is 0 Å². The summed E-state index contributed by atoms with van der Waals surface area (Å²) in [4.78, 5) is 38.9. The second-order valence-electron chi connectivity index (χ2n) is 7.75. The number of aromatic nitrogens is 3. The van der Waals surface area contributed by atoms with Gasteiger partial charge in [-0.05, 0) is 31.4 Å². The molecule has 1 unspecified atom stereocenters. The second kappa shape index (κ2) is 8.73. The maximum atomic E-state index is 12.6. The Morgan fingerprint density at radius 1 is 1.27 bits per heavy atom. The van der Waals surface area contributed by atoms with Crippen molar-refractivity contribution in [3.63, 3.8) is 0 Å². The van der Waals surface area contributed by atoms with Crippen LogP contribution in [0.25, 0.3) is 0 Å². The van der Waals surface area contributed by atoms with Crippen LogP contribution in [0.4, 0.5) is 5.69 Å². The molecule has 0 bridgehead atoms. The van der Waals surface area contributed by atoms with Crippen molar-refractivity contribution in [2.75, 3.05) is 25.1 Å². The van der Waals surface area contributed by atoms with Crippen molar-refractivity contribution >= 4 is 17.5 Å². The molecule has 1 N–H and O–H groups in total. The Morgan fingerprint density at radius 2 is 2.10 bits per heavy atom. The van der Waals surface area contributed by atoms with Gasteiger partial charge in [0.25, 0.3) is 0 Å². The number of hydrogen-bond acceptors (Lipinski definition) is 5. The third-order valence-electron chi connectivity index (χ3n) is 5.75. The Morgan fingerprint density at radius 3 is 2.90 bits per heavy atom. The lowest BCUT2D eigenvalue weighted by molar-refractivity contribution is -0.126. The zero-order valence-electron chi connectivity index (χ0n) is 17.2.